The van der Waals surface area contributed by atoms with Gasteiger partial charge in [0.05, 0.1) is 5.69 Å². The van der Waals surface area contributed by atoms with Crippen molar-refractivity contribution in [1.82, 2.24) is 24.9 Å². The van der Waals surface area contributed by atoms with Crippen molar-refractivity contribution >= 4 is 39.1 Å². The van der Waals surface area contributed by atoms with Gasteiger partial charge in [0.25, 0.3) is 5.91 Å². The summed E-state index contributed by atoms with van der Waals surface area (Å²) in [6.45, 7) is 0.509. The molecule has 6 aromatic rings. The maximum absolute atomic E-state index is 13.5. The number of benzene rings is 2. The lowest BCUT2D eigenvalue weighted by Crippen LogP contribution is -2.16. The zero-order chi connectivity index (χ0) is 25.7. The molecule has 0 saturated carbocycles. The van der Waals surface area contributed by atoms with E-state index < -0.39 is 0 Å². The lowest BCUT2D eigenvalue weighted by atomic mass is 10.1. The molecule has 0 fully saturated rings. The second kappa shape index (κ2) is 10.5. The first-order valence-corrected chi connectivity index (χ1v) is 12.7. The molecule has 9 heteroatoms. The van der Waals surface area contributed by atoms with Crippen LogP contribution in [0, 0.1) is 0 Å². The number of fused-ring (bicyclic) bond motifs is 1. The Labute approximate surface area is 222 Å². The number of pyridine rings is 2. The first-order valence-electron chi connectivity index (χ1n) is 11.9. The molecule has 0 bridgehead atoms. The molecule has 2 N–H and O–H groups in total. The molecule has 0 atom stereocenters. The summed E-state index contributed by atoms with van der Waals surface area (Å²) in [6.07, 6.45) is 5.26. The third kappa shape index (κ3) is 5.09. The molecule has 8 nitrogen and oxygen atoms in total. The molecule has 38 heavy (non-hydrogen) atoms. The van der Waals surface area contributed by atoms with E-state index in [1.54, 1.807) is 24.7 Å². The van der Waals surface area contributed by atoms with Crippen molar-refractivity contribution in [2.45, 2.75) is 6.54 Å². The predicted molar refractivity (Wildman–Crippen MR) is 150 cm³/mol. The van der Waals surface area contributed by atoms with Gasteiger partial charge in [-0.3, -0.25) is 9.78 Å². The minimum absolute atomic E-state index is 0.244. The molecule has 0 spiro atoms. The average Bonchev–Trinajstić information content (AvgIpc) is 3.41. The van der Waals surface area contributed by atoms with Crippen molar-refractivity contribution in [3.8, 4) is 22.0 Å². The molecule has 4 aromatic heterocycles. The van der Waals surface area contributed by atoms with Crippen molar-refractivity contribution < 1.29 is 4.79 Å². The van der Waals surface area contributed by atoms with Gasteiger partial charge in [0.2, 0.25) is 0 Å². The Balaban J connectivity index is 1.32. The van der Waals surface area contributed by atoms with Crippen LogP contribution in [-0.4, -0.2) is 30.8 Å². The van der Waals surface area contributed by atoms with E-state index in [1.807, 2.05) is 78.9 Å². The summed E-state index contributed by atoms with van der Waals surface area (Å²) in [5, 5.41) is 7.10. The summed E-state index contributed by atoms with van der Waals surface area (Å²) in [5.41, 5.74) is 4.33. The van der Waals surface area contributed by atoms with E-state index in [1.165, 1.54) is 11.3 Å². The molecule has 4 heterocycles. The minimum atomic E-state index is -0.347. The van der Waals surface area contributed by atoms with Gasteiger partial charge in [0.1, 0.15) is 26.9 Å². The predicted octanol–water partition coefficient (Wildman–Crippen LogP) is 6.07. The van der Waals surface area contributed by atoms with E-state index in [9.17, 15) is 4.79 Å². The van der Waals surface area contributed by atoms with E-state index in [4.69, 9.17) is 4.98 Å². The van der Waals surface area contributed by atoms with Gasteiger partial charge < -0.3 is 10.6 Å². The molecule has 0 unspecified atom stereocenters. The summed E-state index contributed by atoms with van der Waals surface area (Å²) in [7, 11) is 0. The number of thiazole rings is 1. The minimum Gasteiger partial charge on any atom is -0.366 e. The topological polar surface area (TPSA) is 106 Å². The Bertz CT molecular complexity index is 1690. The highest BCUT2D eigenvalue weighted by molar-refractivity contribution is 7.21. The zero-order valence-electron chi connectivity index (χ0n) is 20.1. The van der Waals surface area contributed by atoms with Crippen molar-refractivity contribution in [3.05, 3.63) is 115 Å². The quantitative estimate of drug-likeness (QED) is 0.266. The fraction of sp³-hybridized carbons (Fsp3) is 0.0345. The maximum Gasteiger partial charge on any atom is 0.274 e. The van der Waals surface area contributed by atoms with Crippen LogP contribution in [0.2, 0.25) is 0 Å². The van der Waals surface area contributed by atoms with Crippen molar-refractivity contribution in [2.24, 2.45) is 0 Å². The van der Waals surface area contributed by atoms with Gasteiger partial charge in [-0.1, -0.05) is 59.9 Å². The summed E-state index contributed by atoms with van der Waals surface area (Å²) >= 11 is 1.48. The first-order chi connectivity index (χ1) is 18.7. The molecule has 6 rings (SSSR count). The number of para-hydroxylation sites is 1. The Morgan fingerprint density at radius 2 is 1.68 bits per heavy atom. The van der Waals surface area contributed by atoms with Gasteiger partial charge in [-0.25, -0.2) is 19.9 Å². The summed E-state index contributed by atoms with van der Waals surface area (Å²) < 4.78 is 0. The lowest BCUT2D eigenvalue weighted by molar-refractivity contribution is 0.102. The fourth-order valence-electron chi connectivity index (χ4n) is 3.92. The van der Waals surface area contributed by atoms with Crippen LogP contribution < -0.4 is 10.6 Å². The van der Waals surface area contributed by atoms with Crippen molar-refractivity contribution in [1.29, 1.82) is 0 Å². The van der Waals surface area contributed by atoms with Gasteiger partial charge in [0.15, 0.2) is 5.82 Å². The first kappa shape index (κ1) is 23.4. The second-order valence-electron chi connectivity index (χ2n) is 8.39. The van der Waals surface area contributed by atoms with E-state index in [0.717, 1.165) is 32.0 Å². The third-order valence-corrected chi connectivity index (χ3v) is 6.77. The molecule has 1 amide bonds. The maximum atomic E-state index is 13.5. The molecular formula is C29H21N7OS. The van der Waals surface area contributed by atoms with Gasteiger partial charge in [0, 0.05) is 42.3 Å². The highest BCUT2D eigenvalue weighted by atomic mass is 32.1. The van der Waals surface area contributed by atoms with Gasteiger partial charge in [-0.2, -0.15) is 0 Å². The monoisotopic (exact) mass is 515 g/mol. The van der Waals surface area contributed by atoms with E-state index >= 15 is 0 Å². The molecule has 0 aliphatic heterocycles. The molecule has 0 radical (unpaired) electrons. The summed E-state index contributed by atoms with van der Waals surface area (Å²) in [4.78, 5) is 36.9. The Morgan fingerprint density at radius 1 is 0.842 bits per heavy atom. The molecule has 0 aliphatic carbocycles. The zero-order valence-corrected chi connectivity index (χ0v) is 20.9. The lowest BCUT2D eigenvalue weighted by Gasteiger charge is -2.12. The largest absolute Gasteiger partial charge is 0.366 e. The van der Waals surface area contributed by atoms with Crippen molar-refractivity contribution in [2.75, 3.05) is 10.6 Å². The molecule has 2 aromatic carbocycles. The number of hydrogen-bond acceptors (Lipinski definition) is 8. The van der Waals surface area contributed by atoms with Crippen LogP contribution >= 0.6 is 11.3 Å². The van der Waals surface area contributed by atoms with Crippen LogP contribution in [0.15, 0.2) is 104 Å². The van der Waals surface area contributed by atoms with Crippen LogP contribution in [0.1, 0.15) is 16.1 Å². The number of rotatable bonds is 7. The van der Waals surface area contributed by atoms with Gasteiger partial charge >= 0.3 is 0 Å². The highest BCUT2D eigenvalue weighted by Gasteiger charge is 2.17. The Hall–Kier alpha value is -5.02. The summed E-state index contributed by atoms with van der Waals surface area (Å²) in [5.74, 6) is 0.650. The number of nitrogens with one attached hydrogen (secondary N) is 2. The van der Waals surface area contributed by atoms with Gasteiger partial charge in [-0.15, -0.1) is 0 Å². The number of aromatic nitrogens is 5. The molecule has 0 aliphatic rings. The second-order valence-corrected chi connectivity index (χ2v) is 9.37. The van der Waals surface area contributed by atoms with Crippen LogP contribution in [0.25, 0.3) is 32.3 Å². The number of nitrogens with zero attached hydrogens (tertiary/aromatic N) is 5. The van der Waals surface area contributed by atoms with Crippen LogP contribution in [-0.2, 0) is 6.54 Å². The SMILES string of the molecule is O=C(Nc1ccccc1-c1nc2cccnc2s1)c1cc(NCc2cccnc2)nc(-c2ccccc2)n1. The average molecular weight is 516 g/mol. The van der Waals surface area contributed by atoms with Crippen LogP contribution in [0.5, 0.6) is 0 Å². The molecule has 184 valence electrons. The van der Waals surface area contributed by atoms with Crippen LogP contribution in [0.3, 0.4) is 0 Å². The van der Waals surface area contributed by atoms with Gasteiger partial charge in [-0.05, 0) is 35.9 Å². The normalized spacial score (nSPS) is 10.8. The molecule has 0 saturated heterocycles. The number of hydrogen-bond donors (Lipinski definition) is 2. The molecular weight excluding hydrogens is 494 g/mol. The van der Waals surface area contributed by atoms with E-state index in [0.29, 0.717) is 23.9 Å². The number of carbonyl (C=O) groups is 1. The van der Waals surface area contributed by atoms with Crippen molar-refractivity contribution in [3.63, 3.8) is 0 Å². The Kier molecular flexibility index (Phi) is 6.48. The van der Waals surface area contributed by atoms with Crippen LogP contribution in [0.4, 0.5) is 11.5 Å². The number of amides is 1. The summed E-state index contributed by atoms with van der Waals surface area (Å²) in [6, 6.07) is 26.5. The number of anilines is 2. The Morgan fingerprint density at radius 3 is 2.53 bits per heavy atom. The third-order valence-electron chi connectivity index (χ3n) is 5.76. The smallest absolute Gasteiger partial charge is 0.274 e. The van der Waals surface area contributed by atoms with E-state index in [2.05, 4.69) is 30.6 Å². The standard InChI is InChI=1S/C29H21N7OS/c37-27(34-22-12-5-4-11-21(22)28-35-23-13-7-15-31-29(23)38-28)24-16-25(32-18-19-8-6-14-30-17-19)36-26(33-24)20-9-2-1-3-10-20/h1-17H,18H2,(H,34,37)(H,32,33,36). The fourth-order valence-corrected chi connectivity index (χ4v) is 4.86. The number of carbonyl (C=O) groups excluding carboxylic acids is 1. The van der Waals surface area contributed by atoms with E-state index in [-0.39, 0.29) is 11.6 Å². The highest BCUT2D eigenvalue weighted by Crippen LogP contribution is 2.34.